The number of ether oxygens (including phenoxy) is 3. The Morgan fingerprint density at radius 3 is 2.68 bits per heavy atom. The molecule has 2 heterocycles. The van der Waals surface area contributed by atoms with Crippen LogP contribution in [0.1, 0.15) is 42.6 Å². The van der Waals surface area contributed by atoms with Crippen LogP contribution in [0.15, 0.2) is 18.2 Å². The molecule has 0 N–H and O–H groups in total. The zero-order valence-electron chi connectivity index (χ0n) is 15.3. The number of hydrogen-bond donors (Lipinski definition) is 0. The molecule has 9 heteroatoms. The van der Waals surface area contributed by atoms with Crippen LogP contribution in [0.5, 0.6) is 5.75 Å². The summed E-state index contributed by atoms with van der Waals surface area (Å²) in [5.74, 6) is 0.0273. The lowest BCUT2D eigenvalue weighted by Gasteiger charge is -2.32. The quantitative estimate of drug-likeness (QED) is 0.661. The first-order valence-electron chi connectivity index (χ1n) is 8.80. The first kappa shape index (κ1) is 19.4. The Hall–Kier alpha value is -1.90. The maximum absolute atomic E-state index is 13.2. The van der Waals surface area contributed by atoms with Crippen LogP contribution < -0.4 is 4.74 Å². The summed E-state index contributed by atoms with van der Waals surface area (Å²) in [5, 5.41) is 8.46. The molecule has 5 nitrogen and oxygen atoms in total. The highest BCUT2D eigenvalue weighted by molar-refractivity contribution is 6.30. The minimum atomic E-state index is -4.49. The van der Waals surface area contributed by atoms with Crippen LogP contribution in [0.25, 0.3) is 11.3 Å². The monoisotopic (exact) mass is 414 g/mol. The van der Waals surface area contributed by atoms with Crippen LogP contribution in [0.4, 0.5) is 13.2 Å². The largest absolute Gasteiger partial charge is 0.467 e. The molecule has 0 amide bonds. The summed E-state index contributed by atoms with van der Waals surface area (Å²) in [6.45, 7) is 1.70. The van der Waals surface area contributed by atoms with E-state index in [1.54, 1.807) is 0 Å². The van der Waals surface area contributed by atoms with Gasteiger partial charge in [-0.25, -0.2) is 0 Å². The molecule has 2 aliphatic rings. The van der Waals surface area contributed by atoms with Crippen LogP contribution in [0, 0.1) is 0 Å². The van der Waals surface area contributed by atoms with Gasteiger partial charge >= 0.3 is 6.18 Å². The van der Waals surface area contributed by atoms with Gasteiger partial charge in [-0.15, -0.1) is 10.2 Å². The molecule has 1 aromatic heterocycles. The lowest BCUT2D eigenvalue weighted by atomic mass is 9.90. The summed E-state index contributed by atoms with van der Waals surface area (Å²) in [5.41, 5.74) is 1.39. The molecule has 1 aromatic carbocycles. The topological polar surface area (TPSA) is 53.5 Å². The van der Waals surface area contributed by atoms with E-state index in [1.807, 2.05) is 6.92 Å². The molecule has 1 saturated carbocycles. The van der Waals surface area contributed by atoms with Crippen LogP contribution in [0.3, 0.4) is 0 Å². The van der Waals surface area contributed by atoms with Gasteiger partial charge in [0.2, 0.25) is 0 Å². The lowest BCUT2D eigenvalue weighted by Crippen LogP contribution is -2.28. The number of nitrogens with zero attached hydrogens (tertiary/aromatic N) is 2. The second-order valence-corrected chi connectivity index (χ2v) is 7.47. The number of fused-ring (bicyclic) bond motifs is 1. The predicted molar refractivity (Wildman–Crippen MR) is 95.2 cm³/mol. The van der Waals surface area contributed by atoms with E-state index in [1.165, 1.54) is 13.2 Å². The number of methoxy groups -OCH3 is 1. The Bertz CT molecular complexity index is 916. The Kier molecular flexibility index (Phi) is 4.76. The Labute approximate surface area is 164 Å². The maximum atomic E-state index is 13.2. The van der Waals surface area contributed by atoms with E-state index in [0.29, 0.717) is 17.7 Å². The SMILES string of the molecule is COCOc1cc(C(F)(F)F)ccc1-c1nnc(Cl)c2c1CC1(CC1)OC2C. The first-order valence-corrected chi connectivity index (χ1v) is 9.18. The number of halogens is 4. The van der Waals surface area contributed by atoms with Crippen molar-refractivity contribution in [2.45, 2.75) is 44.1 Å². The molecule has 150 valence electrons. The predicted octanol–water partition coefficient (Wildman–Crippen LogP) is 4.96. The van der Waals surface area contributed by atoms with Gasteiger partial charge in [0.05, 0.1) is 17.3 Å². The molecule has 0 radical (unpaired) electrons. The minimum absolute atomic E-state index is 0.0273. The van der Waals surface area contributed by atoms with Gasteiger partial charge in [-0.05, 0) is 43.5 Å². The number of benzene rings is 1. The van der Waals surface area contributed by atoms with Gasteiger partial charge in [0.1, 0.15) is 11.4 Å². The Balaban J connectivity index is 1.86. The standard InChI is InChI=1S/C19H18ClF3N2O3/c1-10-15-13(8-18(28-10)5-6-18)16(24-25-17(15)20)12-4-3-11(19(21,22)23)7-14(12)27-9-26-2/h3-4,7,10H,5-6,8-9H2,1-2H3. The van der Waals surface area contributed by atoms with Crippen molar-refractivity contribution in [2.75, 3.05) is 13.9 Å². The number of rotatable bonds is 4. The maximum Gasteiger partial charge on any atom is 0.416 e. The molecule has 0 bridgehead atoms. The van der Waals surface area contributed by atoms with Crippen LogP contribution in [-0.4, -0.2) is 29.7 Å². The molecule has 2 aromatic rings. The molecule has 1 spiro atoms. The van der Waals surface area contributed by atoms with Gasteiger partial charge in [0.25, 0.3) is 0 Å². The highest BCUT2D eigenvalue weighted by Gasteiger charge is 2.50. The average molecular weight is 415 g/mol. The van der Waals surface area contributed by atoms with E-state index in [4.69, 9.17) is 25.8 Å². The third kappa shape index (κ3) is 3.44. The average Bonchev–Trinajstić information content (AvgIpc) is 3.37. The minimum Gasteiger partial charge on any atom is -0.467 e. The molecule has 1 unspecified atom stereocenters. The fourth-order valence-electron chi connectivity index (χ4n) is 3.64. The van der Waals surface area contributed by atoms with Crippen LogP contribution >= 0.6 is 11.6 Å². The van der Waals surface area contributed by atoms with Gasteiger partial charge in [-0.3, -0.25) is 0 Å². The molecule has 4 rings (SSSR count). The summed E-state index contributed by atoms with van der Waals surface area (Å²) in [7, 11) is 1.40. The fraction of sp³-hybridized carbons (Fsp3) is 0.474. The van der Waals surface area contributed by atoms with Crippen molar-refractivity contribution in [1.29, 1.82) is 0 Å². The van der Waals surface area contributed by atoms with E-state index in [2.05, 4.69) is 10.2 Å². The Morgan fingerprint density at radius 2 is 2.04 bits per heavy atom. The van der Waals surface area contributed by atoms with Gasteiger partial charge in [-0.1, -0.05) is 11.6 Å². The molecule has 1 atom stereocenters. The third-order valence-corrected chi connectivity index (χ3v) is 5.39. The number of aromatic nitrogens is 2. The molecule has 0 saturated heterocycles. The van der Waals surface area contributed by atoms with Crippen molar-refractivity contribution in [2.24, 2.45) is 0 Å². The third-order valence-electron chi connectivity index (χ3n) is 5.11. The Morgan fingerprint density at radius 1 is 1.29 bits per heavy atom. The van der Waals surface area contributed by atoms with E-state index in [0.717, 1.165) is 36.1 Å². The van der Waals surface area contributed by atoms with Crippen molar-refractivity contribution in [3.8, 4) is 17.0 Å². The van der Waals surface area contributed by atoms with Gasteiger partial charge < -0.3 is 14.2 Å². The van der Waals surface area contributed by atoms with E-state index in [9.17, 15) is 13.2 Å². The van der Waals surface area contributed by atoms with Crippen molar-refractivity contribution in [1.82, 2.24) is 10.2 Å². The normalized spacial score (nSPS) is 20.1. The first-order chi connectivity index (χ1) is 13.2. The van der Waals surface area contributed by atoms with E-state index < -0.39 is 11.7 Å². The second kappa shape index (κ2) is 6.86. The van der Waals surface area contributed by atoms with Crippen molar-refractivity contribution in [3.05, 3.63) is 40.0 Å². The van der Waals surface area contributed by atoms with Gasteiger partial charge in [-0.2, -0.15) is 13.2 Å². The molecular formula is C19H18ClF3N2O3. The molecule has 28 heavy (non-hydrogen) atoms. The molecule has 1 fully saturated rings. The number of hydrogen-bond acceptors (Lipinski definition) is 5. The summed E-state index contributed by atoms with van der Waals surface area (Å²) in [4.78, 5) is 0. The van der Waals surface area contributed by atoms with Crippen LogP contribution in [0.2, 0.25) is 5.15 Å². The fourth-order valence-corrected chi connectivity index (χ4v) is 3.94. The van der Waals surface area contributed by atoms with Crippen molar-refractivity contribution >= 4 is 11.6 Å². The van der Waals surface area contributed by atoms with Crippen molar-refractivity contribution < 1.29 is 27.4 Å². The van der Waals surface area contributed by atoms with Crippen molar-refractivity contribution in [3.63, 3.8) is 0 Å². The van der Waals surface area contributed by atoms with E-state index in [-0.39, 0.29) is 29.4 Å². The highest BCUT2D eigenvalue weighted by Crippen LogP contribution is 2.53. The zero-order valence-corrected chi connectivity index (χ0v) is 16.0. The number of alkyl halides is 3. The molecular weight excluding hydrogens is 397 g/mol. The molecule has 1 aliphatic carbocycles. The lowest BCUT2D eigenvalue weighted by molar-refractivity contribution is -0.137. The zero-order chi connectivity index (χ0) is 20.1. The smallest absolute Gasteiger partial charge is 0.416 e. The summed E-state index contributed by atoms with van der Waals surface area (Å²) in [6, 6.07) is 3.31. The highest BCUT2D eigenvalue weighted by atomic mass is 35.5. The van der Waals surface area contributed by atoms with Gasteiger partial charge in [0.15, 0.2) is 11.9 Å². The van der Waals surface area contributed by atoms with E-state index >= 15 is 0 Å². The second-order valence-electron chi connectivity index (χ2n) is 7.11. The summed E-state index contributed by atoms with van der Waals surface area (Å²) < 4.78 is 55.9. The van der Waals surface area contributed by atoms with Gasteiger partial charge in [0, 0.05) is 24.7 Å². The molecule has 1 aliphatic heterocycles. The van der Waals surface area contributed by atoms with Crippen LogP contribution in [-0.2, 0) is 22.1 Å². The summed E-state index contributed by atoms with van der Waals surface area (Å²) in [6.07, 6.45) is -2.32. The summed E-state index contributed by atoms with van der Waals surface area (Å²) >= 11 is 6.26.